The minimum Gasteiger partial charge on any atom is -0.337 e. The van der Waals surface area contributed by atoms with Gasteiger partial charge in [-0.05, 0) is 30.0 Å². The highest BCUT2D eigenvalue weighted by atomic mass is 32.1. The van der Waals surface area contributed by atoms with Gasteiger partial charge in [0.05, 0.1) is 11.1 Å². The zero-order valence-electron chi connectivity index (χ0n) is 12.4. The van der Waals surface area contributed by atoms with Crippen LogP contribution >= 0.6 is 11.3 Å². The molecule has 0 spiro atoms. The predicted octanol–water partition coefficient (Wildman–Crippen LogP) is 3.18. The Morgan fingerprint density at radius 1 is 1.36 bits per heavy atom. The van der Waals surface area contributed by atoms with E-state index in [0.29, 0.717) is 5.92 Å². The number of rotatable bonds is 3. The van der Waals surface area contributed by atoms with Crippen LogP contribution in [0, 0.1) is 12.8 Å². The summed E-state index contributed by atoms with van der Waals surface area (Å²) >= 11 is 1.58. The van der Waals surface area contributed by atoms with E-state index in [4.69, 9.17) is 0 Å². The van der Waals surface area contributed by atoms with E-state index in [0.717, 1.165) is 29.9 Å². The molecule has 0 bridgehead atoms. The van der Waals surface area contributed by atoms with Gasteiger partial charge in [-0.2, -0.15) is 5.10 Å². The van der Waals surface area contributed by atoms with Crippen LogP contribution in [0.4, 0.5) is 0 Å². The molecule has 3 heterocycles. The van der Waals surface area contributed by atoms with Gasteiger partial charge in [-0.3, -0.25) is 9.48 Å². The van der Waals surface area contributed by atoms with Crippen LogP contribution in [0.3, 0.4) is 0 Å². The molecule has 1 aromatic carbocycles. The second kappa shape index (κ2) is 5.25. The fourth-order valence-electron chi connectivity index (χ4n) is 2.93. The number of carbonyl (C=O) groups is 1. The van der Waals surface area contributed by atoms with Crippen LogP contribution < -0.4 is 0 Å². The van der Waals surface area contributed by atoms with Crippen molar-refractivity contribution in [2.45, 2.75) is 13.5 Å². The second-order valence-electron chi connectivity index (χ2n) is 5.96. The summed E-state index contributed by atoms with van der Waals surface area (Å²) in [6.07, 6.45) is 3.93. The number of hydrogen-bond acceptors (Lipinski definition) is 3. The molecule has 2 aromatic heterocycles. The van der Waals surface area contributed by atoms with Crippen LogP contribution in [0.5, 0.6) is 0 Å². The van der Waals surface area contributed by atoms with E-state index in [1.54, 1.807) is 11.3 Å². The van der Waals surface area contributed by atoms with E-state index in [-0.39, 0.29) is 5.91 Å². The van der Waals surface area contributed by atoms with Crippen molar-refractivity contribution in [3.8, 4) is 0 Å². The highest BCUT2D eigenvalue weighted by molar-refractivity contribution is 7.20. The number of amides is 1. The Bertz CT molecular complexity index is 796. The third-order valence-corrected chi connectivity index (χ3v) is 5.19. The van der Waals surface area contributed by atoms with Crippen molar-refractivity contribution in [3.05, 3.63) is 53.2 Å². The zero-order valence-corrected chi connectivity index (χ0v) is 13.2. The monoisotopic (exact) mass is 311 g/mol. The molecular weight excluding hydrogens is 294 g/mol. The van der Waals surface area contributed by atoms with Crippen molar-refractivity contribution in [1.82, 2.24) is 14.7 Å². The zero-order chi connectivity index (χ0) is 15.1. The SMILES string of the molecule is Cc1cnn(CC2CN(C(=O)c3cc4ccccc4s3)C2)c1. The summed E-state index contributed by atoms with van der Waals surface area (Å²) in [5.41, 5.74) is 1.18. The van der Waals surface area contributed by atoms with Gasteiger partial charge in [-0.1, -0.05) is 18.2 Å². The summed E-state index contributed by atoms with van der Waals surface area (Å²) in [4.78, 5) is 15.3. The molecule has 3 aromatic rings. The smallest absolute Gasteiger partial charge is 0.263 e. The fourth-order valence-corrected chi connectivity index (χ4v) is 3.96. The van der Waals surface area contributed by atoms with Gasteiger partial charge in [-0.15, -0.1) is 11.3 Å². The average molecular weight is 311 g/mol. The maximum absolute atomic E-state index is 12.5. The van der Waals surface area contributed by atoms with Crippen LogP contribution in [0.1, 0.15) is 15.2 Å². The van der Waals surface area contributed by atoms with Crippen LogP contribution in [0.2, 0.25) is 0 Å². The van der Waals surface area contributed by atoms with E-state index in [2.05, 4.69) is 23.4 Å². The summed E-state index contributed by atoms with van der Waals surface area (Å²) in [5, 5.41) is 5.46. The van der Waals surface area contributed by atoms with Crippen molar-refractivity contribution in [3.63, 3.8) is 0 Å². The molecule has 0 N–H and O–H groups in total. The number of carbonyl (C=O) groups excluding carboxylic acids is 1. The van der Waals surface area contributed by atoms with Crippen molar-refractivity contribution >= 4 is 27.3 Å². The van der Waals surface area contributed by atoms with Crippen LogP contribution in [0.15, 0.2) is 42.7 Å². The largest absolute Gasteiger partial charge is 0.337 e. The van der Waals surface area contributed by atoms with E-state index in [9.17, 15) is 4.79 Å². The lowest BCUT2D eigenvalue weighted by Crippen LogP contribution is -2.51. The number of benzene rings is 1. The lowest BCUT2D eigenvalue weighted by molar-refractivity contribution is 0.0466. The number of thiophene rings is 1. The van der Waals surface area contributed by atoms with Crippen molar-refractivity contribution in [2.75, 3.05) is 13.1 Å². The molecule has 0 aliphatic carbocycles. The molecule has 1 aliphatic heterocycles. The molecule has 0 atom stereocenters. The molecule has 0 unspecified atom stereocenters. The highest BCUT2D eigenvalue weighted by Crippen LogP contribution is 2.28. The number of nitrogens with zero attached hydrogens (tertiary/aromatic N) is 3. The second-order valence-corrected chi connectivity index (χ2v) is 7.05. The molecule has 1 fully saturated rings. The normalized spacial score (nSPS) is 15.2. The van der Waals surface area contributed by atoms with Gasteiger partial charge in [-0.25, -0.2) is 0 Å². The number of aryl methyl sites for hydroxylation is 1. The Labute approximate surface area is 133 Å². The minimum atomic E-state index is 0.161. The highest BCUT2D eigenvalue weighted by Gasteiger charge is 2.32. The summed E-state index contributed by atoms with van der Waals surface area (Å²) in [7, 11) is 0. The Morgan fingerprint density at radius 2 is 2.18 bits per heavy atom. The molecule has 0 saturated carbocycles. The Hall–Kier alpha value is -2.14. The first-order valence-corrected chi connectivity index (χ1v) is 8.27. The molecule has 22 heavy (non-hydrogen) atoms. The van der Waals surface area contributed by atoms with Gasteiger partial charge in [0.15, 0.2) is 0 Å². The van der Waals surface area contributed by atoms with Crippen molar-refractivity contribution in [1.29, 1.82) is 0 Å². The van der Waals surface area contributed by atoms with Crippen LogP contribution in [-0.4, -0.2) is 33.7 Å². The molecule has 4 rings (SSSR count). The molecule has 1 saturated heterocycles. The van der Waals surface area contributed by atoms with E-state index >= 15 is 0 Å². The maximum atomic E-state index is 12.5. The fraction of sp³-hybridized carbons (Fsp3) is 0.294. The first-order valence-electron chi connectivity index (χ1n) is 7.46. The molecule has 1 amide bonds. The van der Waals surface area contributed by atoms with Gasteiger partial charge in [0.1, 0.15) is 0 Å². The topological polar surface area (TPSA) is 38.1 Å². The maximum Gasteiger partial charge on any atom is 0.263 e. The molecule has 0 radical (unpaired) electrons. The average Bonchev–Trinajstić information content (AvgIpc) is 3.07. The number of fused-ring (bicyclic) bond motifs is 1. The first kappa shape index (κ1) is 13.5. The van der Waals surface area contributed by atoms with E-state index in [1.165, 1.54) is 10.3 Å². The predicted molar refractivity (Wildman–Crippen MR) is 88.2 cm³/mol. The first-order chi connectivity index (χ1) is 10.7. The van der Waals surface area contributed by atoms with Crippen LogP contribution in [0.25, 0.3) is 10.1 Å². The summed E-state index contributed by atoms with van der Waals surface area (Å²) in [6, 6.07) is 10.2. The van der Waals surface area contributed by atoms with E-state index in [1.807, 2.05) is 40.9 Å². The Morgan fingerprint density at radius 3 is 2.91 bits per heavy atom. The van der Waals surface area contributed by atoms with E-state index < -0.39 is 0 Å². The van der Waals surface area contributed by atoms with Gasteiger partial charge in [0.25, 0.3) is 5.91 Å². The molecule has 112 valence electrons. The summed E-state index contributed by atoms with van der Waals surface area (Å²) < 4.78 is 3.15. The van der Waals surface area contributed by atoms with Gasteiger partial charge >= 0.3 is 0 Å². The van der Waals surface area contributed by atoms with Crippen molar-refractivity contribution in [2.24, 2.45) is 5.92 Å². The van der Waals surface area contributed by atoms with Crippen molar-refractivity contribution < 1.29 is 4.79 Å². The lowest BCUT2D eigenvalue weighted by Gasteiger charge is -2.38. The number of hydrogen-bond donors (Lipinski definition) is 0. The standard InChI is InChI=1S/C17H17N3OS/c1-12-7-18-20(8-12)11-13-9-19(10-13)17(21)16-6-14-4-2-3-5-15(14)22-16/h2-8,13H,9-11H2,1H3. The quantitative estimate of drug-likeness (QED) is 0.745. The van der Waals surface area contributed by atoms with Gasteiger partial charge in [0.2, 0.25) is 0 Å². The lowest BCUT2D eigenvalue weighted by atomic mass is 10.00. The summed E-state index contributed by atoms with van der Waals surface area (Å²) in [6.45, 7) is 4.59. The summed E-state index contributed by atoms with van der Waals surface area (Å²) in [5.74, 6) is 0.673. The molecular formula is C17H17N3OS. The molecule has 4 nitrogen and oxygen atoms in total. The Balaban J connectivity index is 1.40. The van der Waals surface area contributed by atoms with Crippen LogP contribution in [-0.2, 0) is 6.54 Å². The Kier molecular flexibility index (Phi) is 3.22. The number of aromatic nitrogens is 2. The third kappa shape index (κ3) is 2.41. The minimum absolute atomic E-state index is 0.161. The molecule has 1 aliphatic rings. The van der Waals surface area contributed by atoms with Gasteiger partial charge in [0, 0.05) is 36.4 Å². The number of likely N-dealkylation sites (tertiary alicyclic amines) is 1. The molecule has 5 heteroatoms. The van der Waals surface area contributed by atoms with Gasteiger partial charge < -0.3 is 4.90 Å². The third-order valence-electron chi connectivity index (χ3n) is 4.09.